The van der Waals surface area contributed by atoms with Gasteiger partial charge in [0.15, 0.2) is 0 Å². The van der Waals surface area contributed by atoms with Gasteiger partial charge in [0.05, 0.1) is 5.92 Å². The molecule has 4 unspecified atom stereocenters. The van der Waals surface area contributed by atoms with Gasteiger partial charge >= 0.3 is 0 Å². The summed E-state index contributed by atoms with van der Waals surface area (Å²) >= 11 is 0. The number of carbonyl (C=O) groups is 1. The van der Waals surface area contributed by atoms with E-state index < -0.39 is 0 Å². The van der Waals surface area contributed by atoms with Crippen LogP contribution in [0.5, 0.6) is 0 Å². The lowest BCUT2D eigenvalue weighted by Crippen LogP contribution is -2.52. The molecule has 4 heteroatoms. The molecule has 0 heterocycles. The van der Waals surface area contributed by atoms with Crippen LogP contribution in [0.2, 0.25) is 0 Å². The maximum Gasteiger partial charge on any atom is 0.225 e. The summed E-state index contributed by atoms with van der Waals surface area (Å²) in [7, 11) is 4.07. The van der Waals surface area contributed by atoms with Gasteiger partial charge in [-0.2, -0.15) is 0 Å². The van der Waals surface area contributed by atoms with E-state index in [9.17, 15) is 4.79 Å². The van der Waals surface area contributed by atoms with E-state index in [1.807, 2.05) is 14.1 Å². The average molecular weight is 253 g/mol. The van der Waals surface area contributed by atoms with Crippen molar-refractivity contribution in [3.05, 3.63) is 0 Å². The van der Waals surface area contributed by atoms with Crippen LogP contribution in [0, 0.1) is 17.8 Å². The Labute approximate surface area is 110 Å². The van der Waals surface area contributed by atoms with Crippen molar-refractivity contribution in [1.82, 2.24) is 10.2 Å². The lowest BCUT2D eigenvalue weighted by atomic mass is 9.84. The minimum Gasteiger partial charge on any atom is -0.354 e. The Morgan fingerprint density at radius 1 is 1.33 bits per heavy atom. The molecule has 2 bridgehead atoms. The van der Waals surface area contributed by atoms with Crippen LogP contribution in [0.4, 0.5) is 0 Å². The van der Waals surface area contributed by atoms with E-state index in [0.717, 1.165) is 6.42 Å². The van der Waals surface area contributed by atoms with Gasteiger partial charge in [-0.25, -0.2) is 0 Å². The molecule has 0 radical (unpaired) electrons. The standard InChI is InChI=1S/C14H27N3O/c1-14(2,17(3)4)8-16-13(18)11-9-5-6-10(7-9)12(11)15/h9-12H,5-8,15H2,1-4H3,(H,16,18). The highest BCUT2D eigenvalue weighted by Gasteiger charge is 2.49. The number of rotatable bonds is 4. The van der Waals surface area contributed by atoms with Crippen molar-refractivity contribution in [2.45, 2.75) is 44.7 Å². The molecule has 0 spiro atoms. The van der Waals surface area contributed by atoms with Crippen LogP contribution in [0.15, 0.2) is 0 Å². The third kappa shape index (κ3) is 2.41. The minimum atomic E-state index is -0.0165. The van der Waals surface area contributed by atoms with E-state index in [-0.39, 0.29) is 23.4 Å². The van der Waals surface area contributed by atoms with Gasteiger partial charge in [-0.3, -0.25) is 4.79 Å². The predicted octanol–water partition coefficient (Wildman–Crippen LogP) is 0.816. The number of likely N-dealkylation sites (N-methyl/N-ethyl adjacent to an activating group) is 1. The van der Waals surface area contributed by atoms with Gasteiger partial charge in [-0.15, -0.1) is 0 Å². The van der Waals surface area contributed by atoms with E-state index >= 15 is 0 Å². The summed E-state index contributed by atoms with van der Waals surface area (Å²) in [5.41, 5.74) is 6.18. The number of carbonyl (C=O) groups excluding carboxylic acids is 1. The van der Waals surface area contributed by atoms with Crippen LogP contribution in [0.3, 0.4) is 0 Å². The van der Waals surface area contributed by atoms with E-state index in [1.54, 1.807) is 0 Å². The topological polar surface area (TPSA) is 58.4 Å². The Bertz CT molecular complexity index is 325. The number of amides is 1. The highest BCUT2D eigenvalue weighted by atomic mass is 16.2. The zero-order valence-electron chi connectivity index (χ0n) is 12.1. The van der Waals surface area contributed by atoms with Crippen LogP contribution in [-0.4, -0.2) is 43.0 Å². The fourth-order valence-electron chi connectivity index (χ4n) is 3.30. The Morgan fingerprint density at radius 3 is 2.44 bits per heavy atom. The lowest BCUT2D eigenvalue weighted by Gasteiger charge is -2.34. The van der Waals surface area contributed by atoms with Crippen LogP contribution in [0.1, 0.15) is 33.1 Å². The molecule has 3 N–H and O–H groups in total. The number of hydrogen-bond donors (Lipinski definition) is 2. The van der Waals surface area contributed by atoms with Gasteiger partial charge in [0.1, 0.15) is 0 Å². The Morgan fingerprint density at radius 2 is 1.94 bits per heavy atom. The molecule has 2 rings (SSSR count). The molecule has 0 aromatic heterocycles. The number of nitrogens with two attached hydrogens (primary N) is 1. The van der Waals surface area contributed by atoms with Crippen LogP contribution in [0.25, 0.3) is 0 Å². The summed E-state index contributed by atoms with van der Waals surface area (Å²) in [6.07, 6.45) is 3.57. The predicted molar refractivity (Wildman–Crippen MR) is 73.1 cm³/mol. The molecule has 0 aliphatic heterocycles. The lowest BCUT2D eigenvalue weighted by molar-refractivity contribution is -0.127. The first-order chi connectivity index (χ1) is 8.33. The van der Waals surface area contributed by atoms with E-state index in [2.05, 4.69) is 24.1 Å². The number of hydrogen-bond acceptors (Lipinski definition) is 3. The number of nitrogens with zero attached hydrogens (tertiary/aromatic N) is 1. The summed E-state index contributed by atoms with van der Waals surface area (Å²) in [6, 6.07) is 0.0891. The third-order valence-corrected chi connectivity index (χ3v) is 5.19. The molecule has 0 aromatic rings. The zero-order valence-corrected chi connectivity index (χ0v) is 12.1. The first-order valence-electron chi connectivity index (χ1n) is 7.03. The second-order valence-corrected chi connectivity index (χ2v) is 6.86. The Balaban J connectivity index is 1.89. The van der Waals surface area contributed by atoms with Crippen molar-refractivity contribution in [2.24, 2.45) is 23.5 Å². The fraction of sp³-hybridized carbons (Fsp3) is 0.929. The summed E-state index contributed by atoms with van der Waals surface area (Å²) in [5.74, 6) is 1.35. The quantitative estimate of drug-likeness (QED) is 0.780. The smallest absolute Gasteiger partial charge is 0.225 e. The second-order valence-electron chi connectivity index (χ2n) is 6.86. The molecule has 2 aliphatic carbocycles. The normalized spacial score (nSPS) is 35.2. The highest BCUT2D eigenvalue weighted by molar-refractivity contribution is 5.80. The van der Waals surface area contributed by atoms with Crippen molar-refractivity contribution >= 4 is 5.91 Å². The van der Waals surface area contributed by atoms with Crippen molar-refractivity contribution in [1.29, 1.82) is 0 Å². The molecule has 0 aromatic carbocycles. The summed E-state index contributed by atoms with van der Waals surface area (Å²) in [6.45, 7) is 4.95. The number of fused-ring (bicyclic) bond motifs is 2. The number of nitrogens with one attached hydrogen (secondary N) is 1. The largest absolute Gasteiger partial charge is 0.354 e. The van der Waals surface area contributed by atoms with Crippen LogP contribution in [-0.2, 0) is 4.79 Å². The van der Waals surface area contributed by atoms with Gasteiger partial charge < -0.3 is 16.0 Å². The third-order valence-electron chi connectivity index (χ3n) is 5.19. The maximum absolute atomic E-state index is 12.3. The first kappa shape index (κ1) is 13.8. The summed E-state index contributed by atoms with van der Waals surface area (Å²) in [5, 5.41) is 3.10. The van der Waals surface area contributed by atoms with Gasteiger partial charge in [-0.1, -0.05) is 0 Å². The van der Waals surface area contributed by atoms with Gasteiger partial charge in [0.2, 0.25) is 5.91 Å². The molecular weight excluding hydrogens is 226 g/mol. The second kappa shape index (κ2) is 4.82. The van der Waals surface area contributed by atoms with Crippen molar-refractivity contribution in [3.8, 4) is 0 Å². The van der Waals surface area contributed by atoms with Crippen molar-refractivity contribution < 1.29 is 4.79 Å². The Kier molecular flexibility index (Phi) is 3.70. The first-order valence-corrected chi connectivity index (χ1v) is 7.03. The molecule has 0 saturated heterocycles. The zero-order chi connectivity index (χ0) is 13.5. The molecule has 4 atom stereocenters. The summed E-state index contributed by atoms with van der Waals surface area (Å²) < 4.78 is 0. The fourth-order valence-corrected chi connectivity index (χ4v) is 3.30. The molecule has 18 heavy (non-hydrogen) atoms. The highest BCUT2D eigenvalue weighted by Crippen LogP contribution is 2.47. The molecule has 2 saturated carbocycles. The maximum atomic E-state index is 12.3. The molecule has 2 aliphatic rings. The molecule has 1 amide bonds. The van der Waals surface area contributed by atoms with E-state index in [1.165, 1.54) is 12.8 Å². The molecule has 2 fully saturated rings. The minimum absolute atomic E-state index is 0.0165. The van der Waals surface area contributed by atoms with Gasteiger partial charge in [0, 0.05) is 18.1 Å². The monoisotopic (exact) mass is 253 g/mol. The summed E-state index contributed by atoms with van der Waals surface area (Å²) in [4.78, 5) is 14.4. The Hall–Kier alpha value is -0.610. The molecule has 4 nitrogen and oxygen atoms in total. The van der Waals surface area contributed by atoms with E-state index in [4.69, 9.17) is 5.73 Å². The van der Waals surface area contributed by atoms with Crippen molar-refractivity contribution in [3.63, 3.8) is 0 Å². The van der Waals surface area contributed by atoms with Gasteiger partial charge in [-0.05, 0) is 59.0 Å². The van der Waals surface area contributed by atoms with Crippen molar-refractivity contribution in [2.75, 3.05) is 20.6 Å². The molecule has 104 valence electrons. The van der Waals surface area contributed by atoms with E-state index in [0.29, 0.717) is 18.4 Å². The average Bonchev–Trinajstić information content (AvgIpc) is 2.86. The van der Waals surface area contributed by atoms with Crippen LogP contribution >= 0.6 is 0 Å². The van der Waals surface area contributed by atoms with Crippen LogP contribution < -0.4 is 11.1 Å². The van der Waals surface area contributed by atoms with Gasteiger partial charge in [0.25, 0.3) is 0 Å². The molecular formula is C14H27N3O. The SMILES string of the molecule is CN(C)C(C)(C)CNC(=O)C1C2CCC(C2)C1N.